The van der Waals surface area contributed by atoms with Crippen molar-refractivity contribution >= 4 is 42.1 Å². The minimum absolute atomic E-state index is 0. The molecule has 5 atom stereocenters. The zero-order valence-electron chi connectivity index (χ0n) is 28.4. The summed E-state index contributed by atoms with van der Waals surface area (Å²) in [5.41, 5.74) is 0. The van der Waals surface area contributed by atoms with E-state index < -0.39 is 29.7 Å². The predicted octanol–water partition coefficient (Wildman–Crippen LogP) is 5.88. The Labute approximate surface area is 286 Å². The fourth-order valence-corrected chi connectivity index (χ4v) is 5.07. The summed E-state index contributed by atoms with van der Waals surface area (Å²) >= 11 is 4.58. The van der Waals surface area contributed by atoms with E-state index in [2.05, 4.69) is 48.7 Å². The second-order valence-electron chi connectivity index (χ2n) is 12.0. The van der Waals surface area contributed by atoms with Gasteiger partial charge in [0.25, 0.3) is 5.91 Å². The zero-order valence-corrected chi connectivity index (χ0v) is 29.2. The maximum absolute atomic E-state index is 13.2. The van der Waals surface area contributed by atoms with E-state index in [1.54, 1.807) is 16.3 Å². The first kappa shape index (κ1) is 44.3. The van der Waals surface area contributed by atoms with Crippen LogP contribution in [-0.4, -0.2) is 88.0 Å². The first-order valence-corrected chi connectivity index (χ1v) is 16.3. The van der Waals surface area contributed by atoms with Crippen LogP contribution in [0.15, 0.2) is 18.3 Å². The van der Waals surface area contributed by atoms with Crippen LogP contribution in [0.1, 0.15) is 75.1 Å². The summed E-state index contributed by atoms with van der Waals surface area (Å²) in [6.45, 7) is 13.7. The molecule has 274 valence electrons. The number of nitrogens with one attached hydrogen (secondary N) is 2. The van der Waals surface area contributed by atoms with Crippen molar-refractivity contribution in [3.8, 4) is 11.8 Å². The lowest BCUT2D eigenvalue weighted by Gasteiger charge is -2.22. The number of carbonyl (C=O) groups is 4. The van der Waals surface area contributed by atoms with Crippen LogP contribution < -0.4 is 10.6 Å². The molecule has 4 amide bonds. The predicted molar refractivity (Wildman–Crippen MR) is 176 cm³/mol. The number of halogens is 5. The van der Waals surface area contributed by atoms with Gasteiger partial charge in [-0.05, 0) is 55.1 Å². The number of hydrogen-bond donors (Lipinski definition) is 3. The number of anilines is 1. The van der Waals surface area contributed by atoms with Crippen molar-refractivity contribution in [3.63, 3.8) is 0 Å². The van der Waals surface area contributed by atoms with Gasteiger partial charge >= 0.3 is 11.3 Å². The van der Waals surface area contributed by atoms with Crippen molar-refractivity contribution < 1.29 is 43.3 Å². The number of alkyl halides is 5. The van der Waals surface area contributed by atoms with Gasteiger partial charge in [-0.3, -0.25) is 19.2 Å². The number of hydrogen-bond acceptors (Lipinski definition) is 7. The minimum atomic E-state index is -5.54. The molecular weight excluding hydrogens is 660 g/mol. The molecule has 0 aromatic carbocycles. The van der Waals surface area contributed by atoms with Gasteiger partial charge in [0.2, 0.25) is 18.7 Å². The molecule has 1 aromatic heterocycles. The van der Waals surface area contributed by atoms with Crippen LogP contribution in [-0.2, 0) is 19.2 Å². The van der Waals surface area contributed by atoms with E-state index in [9.17, 15) is 36.7 Å². The number of rotatable bonds is 6. The van der Waals surface area contributed by atoms with Gasteiger partial charge in [-0.2, -0.15) is 18.4 Å². The lowest BCUT2D eigenvalue weighted by atomic mass is 9.82. The number of nitrogens with zero attached hydrogens (tertiary/aromatic N) is 4. The molecule has 11 nitrogen and oxygen atoms in total. The Balaban J connectivity index is 0. The van der Waals surface area contributed by atoms with E-state index in [1.165, 1.54) is 17.2 Å². The Kier molecular flexibility index (Phi) is 20.4. The second kappa shape index (κ2) is 22.1. The standard InChI is InChI=1S/C13H17ClF4N2O2.C7H10N2O.C6H6N2O2.C4H10.C2H6.H2/c14-12(15,13(16,17)18)11(22)19-5-10(21)20-6-8-3-1-2-4-9(8)7-20;1-6-2-7(3-8)9(4-6)5-10;9-4-8-6-5(10)2-1-3-7-6;1-4(2)3;1-2;/h8-9H,1-7H2,(H,19,22);5-7H,2,4H2,1H3;1-4,10H,(H,7,8,9);4H,1-3H3;1-2H3;1H/t;6?,7-;;;;/m.0..../s1. The molecule has 3 aliphatic rings. The second-order valence-corrected chi connectivity index (χ2v) is 12.5. The highest BCUT2D eigenvalue weighted by Gasteiger charge is 2.61. The minimum Gasteiger partial charge on any atom is -0.504 e. The lowest BCUT2D eigenvalue weighted by Crippen LogP contribution is -2.51. The number of likely N-dealkylation sites (tertiary alicyclic amines) is 2. The third kappa shape index (κ3) is 15.0. The summed E-state index contributed by atoms with van der Waals surface area (Å²) in [6.07, 6.45) is 2.28. The Morgan fingerprint density at radius 3 is 2.10 bits per heavy atom. The topological polar surface area (TPSA) is 156 Å². The van der Waals surface area contributed by atoms with Gasteiger partial charge in [-0.15, -0.1) is 0 Å². The number of aromatic hydroxyl groups is 1. The molecule has 0 radical (unpaired) electrons. The van der Waals surface area contributed by atoms with Crippen molar-refractivity contribution in [2.45, 2.75) is 91.0 Å². The normalized spacial score (nSPS) is 22.1. The molecule has 1 aliphatic carbocycles. The van der Waals surface area contributed by atoms with Gasteiger partial charge in [0.05, 0.1) is 12.6 Å². The lowest BCUT2D eigenvalue weighted by molar-refractivity contribution is -0.200. The third-order valence-corrected chi connectivity index (χ3v) is 7.57. The summed E-state index contributed by atoms with van der Waals surface area (Å²) in [5, 5.41) is 16.8. The molecule has 3 N–H and O–H groups in total. The van der Waals surface area contributed by atoms with Gasteiger partial charge in [0.15, 0.2) is 11.6 Å². The molecule has 4 rings (SSSR count). The highest BCUT2D eigenvalue weighted by molar-refractivity contribution is 6.34. The van der Waals surface area contributed by atoms with Gasteiger partial charge in [-0.25, -0.2) is 9.37 Å². The number of fused-ring (bicyclic) bond motifs is 1. The number of aromatic nitrogens is 1. The van der Waals surface area contributed by atoms with Crippen molar-refractivity contribution in [2.24, 2.45) is 23.7 Å². The molecule has 3 heterocycles. The Hall–Kier alpha value is -3.67. The number of nitriles is 1. The summed E-state index contributed by atoms with van der Waals surface area (Å²) in [4.78, 5) is 50.0. The van der Waals surface area contributed by atoms with Crippen LogP contribution in [0.4, 0.5) is 23.4 Å². The smallest absolute Gasteiger partial charge is 0.446 e. The van der Waals surface area contributed by atoms with Crippen LogP contribution in [0.3, 0.4) is 0 Å². The molecule has 2 saturated heterocycles. The van der Waals surface area contributed by atoms with Crippen LogP contribution >= 0.6 is 11.6 Å². The van der Waals surface area contributed by atoms with E-state index in [0.717, 1.165) is 51.0 Å². The fourth-order valence-electron chi connectivity index (χ4n) is 5.00. The van der Waals surface area contributed by atoms with Gasteiger partial charge in [0.1, 0.15) is 6.04 Å². The van der Waals surface area contributed by atoms with Crippen LogP contribution in [0, 0.1) is 35.0 Å². The van der Waals surface area contributed by atoms with Crippen molar-refractivity contribution in [1.29, 1.82) is 5.26 Å². The fraction of sp³-hybridized carbons (Fsp3) is 0.688. The molecule has 1 saturated carbocycles. The molecular formula is C32H51ClF4N6O5. The van der Waals surface area contributed by atoms with Crippen LogP contribution in [0.5, 0.6) is 5.75 Å². The average molecular weight is 711 g/mol. The molecule has 0 bridgehead atoms. The van der Waals surface area contributed by atoms with E-state index in [0.29, 0.717) is 37.3 Å². The summed E-state index contributed by atoms with van der Waals surface area (Å²) in [7, 11) is 0. The molecule has 16 heteroatoms. The van der Waals surface area contributed by atoms with E-state index in [1.807, 2.05) is 20.8 Å². The molecule has 0 spiro atoms. The maximum Gasteiger partial charge on any atom is 0.446 e. The van der Waals surface area contributed by atoms with E-state index in [4.69, 9.17) is 10.4 Å². The van der Waals surface area contributed by atoms with Crippen molar-refractivity contribution in [2.75, 3.05) is 31.5 Å². The Morgan fingerprint density at radius 2 is 1.69 bits per heavy atom. The van der Waals surface area contributed by atoms with Crippen LogP contribution in [0.2, 0.25) is 0 Å². The quantitative estimate of drug-likeness (QED) is 0.189. The Morgan fingerprint density at radius 1 is 1.15 bits per heavy atom. The summed E-state index contributed by atoms with van der Waals surface area (Å²) in [6, 6.07) is 4.93. The van der Waals surface area contributed by atoms with Gasteiger partial charge < -0.3 is 25.5 Å². The SMILES string of the molecule is CC.CC(C)C.CC1C[C@@H](C#N)N(C=O)C1.O=C(CNC(=O)C(F)(Cl)C(F)(F)F)N1CC2CCCCC2C1.O=CNc1ncccc1O.[HH]. The molecule has 2 aliphatic heterocycles. The van der Waals surface area contributed by atoms with E-state index >= 15 is 0 Å². The molecule has 4 unspecified atom stereocenters. The monoisotopic (exact) mass is 710 g/mol. The van der Waals surface area contributed by atoms with Crippen molar-refractivity contribution in [1.82, 2.24) is 20.1 Å². The third-order valence-electron chi connectivity index (χ3n) is 7.19. The van der Waals surface area contributed by atoms with Crippen molar-refractivity contribution in [3.05, 3.63) is 18.3 Å². The number of amides is 4. The molecule has 3 fully saturated rings. The van der Waals surface area contributed by atoms with Crippen LogP contribution in [0.25, 0.3) is 0 Å². The van der Waals surface area contributed by atoms with Gasteiger partial charge in [-0.1, -0.05) is 66.0 Å². The highest BCUT2D eigenvalue weighted by Crippen LogP contribution is 2.38. The summed E-state index contributed by atoms with van der Waals surface area (Å²) < 4.78 is 49.9. The first-order valence-electron chi connectivity index (χ1n) is 15.9. The largest absolute Gasteiger partial charge is 0.504 e. The molecule has 1 aromatic rings. The average Bonchev–Trinajstić information content (AvgIpc) is 3.64. The number of carbonyl (C=O) groups excluding carboxylic acids is 4. The Bertz CT molecular complexity index is 1170. The number of pyridine rings is 1. The first-order chi connectivity index (χ1) is 22.5. The highest BCUT2D eigenvalue weighted by atomic mass is 35.5. The van der Waals surface area contributed by atoms with Gasteiger partial charge in [0, 0.05) is 27.3 Å². The summed E-state index contributed by atoms with van der Waals surface area (Å²) in [5.74, 6) is -0.292. The molecule has 48 heavy (non-hydrogen) atoms. The zero-order chi connectivity index (χ0) is 37.1. The maximum atomic E-state index is 13.2. The van der Waals surface area contributed by atoms with E-state index in [-0.39, 0.29) is 19.0 Å².